The fourth-order valence-electron chi connectivity index (χ4n) is 2.71. The van der Waals surface area contributed by atoms with Crippen molar-refractivity contribution < 1.29 is 14.9 Å². The van der Waals surface area contributed by atoms with Crippen LogP contribution in [0.1, 0.15) is 18.8 Å². The van der Waals surface area contributed by atoms with Gasteiger partial charge in [0, 0.05) is 15.2 Å². The maximum atomic E-state index is 10.5. The van der Waals surface area contributed by atoms with E-state index in [9.17, 15) is 10.2 Å². The molecular formula is C14H16IN3O3. The molecule has 2 aromatic heterocycles. The number of ether oxygens (including phenoxy) is 1. The molecule has 0 amide bonds. The van der Waals surface area contributed by atoms with E-state index in [4.69, 9.17) is 4.74 Å². The summed E-state index contributed by atoms with van der Waals surface area (Å²) in [6.07, 6.45) is 0.818. The standard InChI is InChI=1S/C14H16IN3O3/c1-7(15)11-14(3,20)10(19)13(21-11)18-5-4-9-8(2)16-6-17-12(9)18/h4-6,10-11,13,19-20H,1H2,2-3H3/t10-,11+,13+,14-/m0/s1. The van der Waals surface area contributed by atoms with Crippen molar-refractivity contribution in [3.05, 3.63) is 34.4 Å². The van der Waals surface area contributed by atoms with Crippen LogP contribution in [0.4, 0.5) is 0 Å². The lowest BCUT2D eigenvalue weighted by Gasteiger charge is -2.25. The van der Waals surface area contributed by atoms with E-state index in [1.54, 1.807) is 17.7 Å². The summed E-state index contributed by atoms with van der Waals surface area (Å²) >= 11 is 2.01. The van der Waals surface area contributed by atoms with E-state index in [-0.39, 0.29) is 0 Å². The van der Waals surface area contributed by atoms with Gasteiger partial charge >= 0.3 is 0 Å². The Morgan fingerprint density at radius 3 is 2.86 bits per heavy atom. The summed E-state index contributed by atoms with van der Waals surface area (Å²) in [5.74, 6) is 0. The van der Waals surface area contributed by atoms with Gasteiger partial charge < -0.3 is 19.5 Å². The lowest BCUT2D eigenvalue weighted by molar-refractivity contribution is -0.0535. The van der Waals surface area contributed by atoms with E-state index in [0.29, 0.717) is 9.23 Å². The van der Waals surface area contributed by atoms with Gasteiger partial charge in [-0.25, -0.2) is 9.97 Å². The Bertz CT molecular complexity index is 713. The van der Waals surface area contributed by atoms with Crippen molar-refractivity contribution in [1.29, 1.82) is 0 Å². The third-order valence-electron chi connectivity index (χ3n) is 3.94. The number of rotatable bonds is 2. The maximum absolute atomic E-state index is 10.5. The summed E-state index contributed by atoms with van der Waals surface area (Å²) in [4.78, 5) is 8.40. The first-order chi connectivity index (χ1) is 9.84. The van der Waals surface area contributed by atoms with E-state index >= 15 is 0 Å². The number of aliphatic hydroxyl groups is 2. The highest BCUT2D eigenvalue weighted by Gasteiger charge is 2.53. The number of hydrogen-bond acceptors (Lipinski definition) is 5. The number of aromatic nitrogens is 3. The van der Waals surface area contributed by atoms with E-state index < -0.39 is 24.0 Å². The number of hydrogen-bond donors (Lipinski definition) is 2. The van der Waals surface area contributed by atoms with Crippen LogP contribution in [0.2, 0.25) is 0 Å². The second-order valence-electron chi connectivity index (χ2n) is 5.44. The van der Waals surface area contributed by atoms with Crippen LogP contribution in [-0.2, 0) is 4.74 Å². The third kappa shape index (κ3) is 2.19. The lowest BCUT2D eigenvalue weighted by atomic mass is 9.94. The van der Waals surface area contributed by atoms with Gasteiger partial charge in [0.25, 0.3) is 0 Å². The summed E-state index contributed by atoms with van der Waals surface area (Å²) in [6, 6.07) is 1.88. The van der Waals surface area contributed by atoms with Gasteiger partial charge in [-0.3, -0.25) is 0 Å². The van der Waals surface area contributed by atoms with Crippen molar-refractivity contribution in [1.82, 2.24) is 14.5 Å². The van der Waals surface area contributed by atoms with Gasteiger partial charge in [-0.15, -0.1) is 0 Å². The molecule has 112 valence electrons. The summed E-state index contributed by atoms with van der Waals surface area (Å²) in [7, 11) is 0. The fourth-order valence-corrected chi connectivity index (χ4v) is 3.48. The lowest BCUT2D eigenvalue weighted by Crippen LogP contribution is -2.44. The topological polar surface area (TPSA) is 80.4 Å². The summed E-state index contributed by atoms with van der Waals surface area (Å²) in [6.45, 7) is 7.26. The average molecular weight is 401 g/mol. The van der Waals surface area contributed by atoms with Crippen LogP contribution in [-0.4, -0.2) is 42.6 Å². The largest absolute Gasteiger partial charge is 0.385 e. The normalized spacial score (nSPS) is 32.7. The van der Waals surface area contributed by atoms with E-state index in [1.165, 1.54) is 6.33 Å². The van der Waals surface area contributed by atoms with Crippen LogP contribution in [0, 0.1) is 6.92 Å². The zero-order valence-corrected chi connectivity index (χ0v) is 13.9. The molecule has 2 aromatic rings. The quantitative estimate of drug-likeness (QED) is 0.749. The molecule has 1 aliphatic rings. The molecular weight excluding hydrogens is 385 g/mol. The van der Waals surface area contributed by atoms with Gasteiger partial charge in [0.2, 0.25) is 0 Å². The molecule has 0 spiro atoms. The Morgan fingerprint density at radius 1 is 1.52 bits per heavy atom. The minimum Gasteiger partial charge on any atom is -0.385 e. The number of fused-ring (bicyclic) bond motifs is 1. The third-order valence-corrected chi connectivity index (χ3v) is 4.51. The van der Waals surface area contributed by atoms with Crippen molar-refractivity contribution >= 4 is 33.6 Å². The van der Waals surface area contributed by atoms with Crippen LogP contribution < -0.4 is 0 Å². The maximum Gasteiger partial charge on any atom is 0.165 e. The smallest absolute Gasteiger partial charge is 0.165 e. The van der Waals surface area contributed by atoms with Crippen LogP contribution in [0.25, 0.3) is 11.0 Å². The van der Waals surface area contributed by atoms with E-state index in [0.717, 1.165) is 11.1 Å². The van der Waals surface area contributed by atoms with Crippen LogP contribution in [0.5, 0.6) is 0 Å². The van der Waals surface area contributed by atoms with Crippen molar-refractivity contribution in [2.45, 2.75) is 37.9 Å². The SMILES string of the molecule is C=C(I)[C@H]1O[C@@H](n2ccc3c(C)ncnc32)[C@H](O)[C@]1(C)O. The molecule has 0 unspecified atom stereocenters. The Morgan fingerprint density at radius 2 is 2.24 bits per heavy atom. The highest BCUT2D eigenvalue weighted by atomic mass is 127. The fraction of sp³-hybridized carbons (Fsp3) is 0.429. The first-order valence-electron chi connectivity index (χ1n) is 6.52. The highest BCUT2D eigenvalue weighted by molar-refractivity contribution is 14.1. The molecule has 1 saturated heterocycles. The molecule has 6 nitrogen and oxygen atoms in total. The first-order valence-corrected chi connectivity index (χ1v) is 7.60. The number of nitrogens with zero attached hydrogens (tertiary/aromatic N) is 3. The summed E-state index contributed by atoms with van der Waals surface area (Å²) in [5.41, 5.74) is 0.122. The second-order valence-corrected chi connectivity index (χ2v) is 6.83. The van der Waals surface area contributed by atoms with Gasteiger partial charge in [0.15, 0.2) is 6.23 Å². The molecule has 21 heavy (non-hydrogen) atoms. The zero-order valence-electron chi connectivity index (χ0n) is 11.7. The number of aryl methyl sites for hydroxylation is 1. The van der Waals surface area contributed by atoms with Crippen LogP contribution >= 0.6 is 22.6 Å². The molecule has 4 atom stereocenters. The van der Waals surface area contributed by atoms with Gasteiger partial charge in [-0.2, -0.15) is 0 Å². The Hall–Kier alpha value is -1.03. The van der Waals surface area contributed by atoms with Gasteiger partial charge in [-0.1, -0.05) is 6.58 Å². The molecule has 0 bridgehead atoms. The predicted octanol–water partition coefficient (Wildman–Crippen LogP) is 1.70. The van der Waals surface area contributed by atoms with E-state index in [2.05, 4.69) is 16.5 Å². The number of halogens is 1. The van der Waals surface area contributed by atoms with Crippen molar-refractivity contribution in [2.24, 2.45) is 0 Å². The molecule has 3 rings (SSSR count). The molecule has 1 fully saturated rings. The van der Waals surface area contributed by atoms with Gasteiger partial charge in [0.05, 0.1) is 5.69 Å². The van der Waals surface area contributed by atoms with Crippen LogP contribution in [0.15, 0.2) is 28.7 Å². The second kappa shape index (κ2) is 5.01. The molecule has 7 heteroatoms. The van der Waals surface area contributed by atoms with Crippen molar-refractivity contribution in [3.63, 3.8) is 0 Å². The zero-order chi connectivity index (χ0) is 15.4. The summed E-state index contributed by atoms with van der Waals surface area (Å²) < 4.78 is 8.20. The van der Waals surface area contributed by atoms with Crippen molar-refractivity contribution in [3.8, 4) is 0 Å². The molecule has 0 aliphatic carbocycles. The molecule has 3 heterocycles. The van der Waals surface area contributed by atoms with Crippen molar-refractivity contribution in [2.75, 3.05) is 0 Å². The Balaban J connectivity index is 2.08. The molecule has 0 aromatic carbocycles. The van der Waals surface area contributed by atoms with Gasteiger partial charge in [0.1, 0.15) is 29.8 Å². The minimum atomic E-state index is -1.40. The average Bonchev–Trinajstić information content (AvgIpc) is 2.92. The minimum absolute atomic E-state index is 0.640. The monoisotopic (exact) mass is 401 g/mol. The highest BCUT2D eigenvalue weighted by Crippen LogP contribution is 2.42. The predicted molar refractivity (Wildman–Crippen MR) is 86.0 cm³/mol. The first kappa shape index (κ1) is 14.9. The molecule has 0 radical (unpaired) electrons. The summed E-state index contributed by atoms with van der Waals surface area (Å²) in [5, 5.41) is 21.8. The molecule has 1 aliphatic heterocycles. The Labute approximate surface area is 135 Å². The molecule has 0 saturated carbocycles. The van der Waals surface area contributed by atoms with E-state index in [1.807, 2.05) is 35.6 Å². The molecule has 2 N–H and O–H groups in total. The van der Waals surface area contributed by atoms with Gasteiger partial charge in [-0.05, 0) is 42.5 Å². The Kier molecular flexibility index (Phi) is 3.55. The number of aliphatic hydroxyl groups excluding tert-OH is 1. The van der Waals surface area contributed by atoms with Crippen LogP contribution in [0.3, 0.4) is 0 Å².